The summed E-state index contributed by atoms with van der Waals surface area (Å²) in [6.45, 7) is 2.86. The number of rotatable bonds is 7. The maximum Gasteiger partial charge on any atom is 0.239 e. The lowest BCUT2D eigenvalue weighted by Gasteiger charge is -2.17. The van der Waals surface area contributed by atoms with Gasteiger partial charge in [0.1, 0.15) is 11.6 Å². The van der Waals surface area contributed by atoms with Crippen molar-refractivity contribution in [3.63, 3.8) is 0 Å². The fraction of sp³-hybridized carbons (Fsp3) is 0.200. The van der Waals surface area contributed by atoms with Gasteiger partial charge in [-0.25, -0.2) is 4.68 Å². The van der Waals surface area contributed by atoms with Gasteiger partial charge in [0.15, 0.2) is 0 Å². The summed E-state index contributed by atoms with van der Waals surface area (Å²) in [7, 11) is 3.61. The number of para-hydroxylation sites is 1. The van der Waals surface area contributed by atoms with Gasteiger partial charge < -0.3 is 10.1 Å². The normalized spacial score (nSPS) is 11.1. The Morgan fingerprint density at radius 3 is 2.55 bits per heavy atom. The molecule has 4 rings (SSSR count). The van der Waals surface area contributed by atoms with E-state index in [1.54, 1.807) is 11.8 Å². The first kappa shape index (κ1) is 20.6. The highest BCUT2D eigenvalue weighted by Crippen LogP contribution is 2.22. The van der Waals surface area contributed by atoms with E-state index in [2.05, 4.69) is 34.7 Å². The predicted molar refractivity (Wildman–Crippen MR) is 124 cm³/mol. The number of nitrogens with one attached hydrogen (secondary N) is 1. The maximum absolute atomic E-state index is 12.7. The van der Waals surface area contributed by atoms with Crippen molar-refractivity contribution in [2.45, 2.75) is 13.5 Å². The molecular formula is C25H26N4O2. The molecule has 31 heavy (non-hydrogen) atoms. The largest absolute Gasteiger partial charge is 0.497 e. The van der Waals surface area contributed by atoms with Gasteiger partial charge in [-0.15, -0.1) is 0 Å². The zero-order valence-corrected chi connectivity index (χ0v) is 18.0. The van der Waals surface area contributed by atoms with Gasteiger partial charge in [0.05, 0.1) is 25.0 Å². The highest BCUT2D eigenvalue weighted by molar-refractivity contribution is 5.91. The molecule has 0 radical (unpaired) electrons. The van der Waals surface area contributed by atoms with Crippen molar-refractivity contribution in [1.29, 1.82) is 0 Å². The first-order valence-corrected chi connectivity index (χ1v) is 10.2. The molecule has 3 aromatic carbocycles. The monoisotopic (exact) mass is 414 g/mol. The summed E-state index contributed by atoms with van der Waals surface area (Å²) in [6.07, 6.45) is 0. The number of hydrogen-bond acceptors (Lipinski definition) is 4. The van der Waals surface area contributed by atoms with Crippen molar-refractivity contribution in [1.82, 2.24) is 14.7 Å². The fourth-order valence-corrected chi connectivity index (χ4v) is 3.65. The number of anilines is 1. The van der Waals surface area contributed by atoms with E-state index in [1.807, 2.05) is 67.4 Å². The average Bonchev–Trinajstić information content (AvgIpc) is 3.13. The summed E-state index contributed by atoms with van der Waals surface area (Å²) in [5.74, 6) is 1.44. The standard InChI is InChI=1S/C25H26N4O2/c1-18-13-24(29(27-18)22-7-5-4-6-8-22)26-25(30)17-28(2)16-19-9-10-21-15-23(31-3)12-11-20(21)14-19/h4-15H,16-17H2,1-3H3,(H,26,30). The first-order valence-electron chi connectivity index (χ1n) is 10.2. The van der Waals surface area contributed by atoms with Gasteiger partial charge in [-0.3, -0.25) is 9.69 Å². The minimum atomic E-state index is -0.0786. The Labute approximate surface area is 182 Å². The van der Waals surface area contributed by atoms with Crippen LogP contribution in [0.15, 0.2) is 72.8 Å². The van der Waals surface area contributed by atoms with Gasteiger partial charge in [-0.1, -0.05) is 36.4 Å². The van der Waals surface area contributed by atoms with Crippen LogP contribution in [0.5, 0.6) is 5.75 Å². The van der Waals surface area contributed by atoms with Gasteiger partial charge in [-0.2, -0.15) is 5.10 Å². The highest BCUT2D eigenvalue weighted by atomic mass is 16.5. The van der Waals surface area contributed by atoms with Crippen LogP contribution in [0, 0.1) is 6.92 Å². The molecule has 1 N–H and O–H groups in total. The van der Waals surface area contributed by atoms with Gasteiger partial charge in [-0.05, 0) is 60.6 Å². The average molecular weight is 415 g/mol. The van der Waals surface area contributed by atoms with Crippen LogP contribution in [-0.2, 0) is 11.3 Å². The molecule has 0 unspecified atom stereocenters. The highest BCUT2D eigenvalue weighted by Gasteiger charge is 2.13. The third kappa shape index (κ3) is 4.92. The predicted octanol–water partition coefficient (Wildman–Crippen LogP) is 4.41. The van der Waals surface area contributed by atoms with E-state index in [0.717, 1.165) is 33.5 Å². The number of carbonyl (C=O) groups is 1. The SMILES string of the molecule is COc1ccc2cc(CN(C)CC(=O)Nc3cc(C)nn3-c3ccccc3)ccc2c1. The quantitative estimate of drug-likeness (QED) is 0.487. The third-order valence-electron chi connectivity index (χ3n) is 5.08. The van der Waals surface area contributed by atoms with Crippen molar-refractivity contribution in [2.75, 3.05) is 26.0 Å². The topological polar surface area (TPSA) is 59.4 Å². The summed E-state index contributed by atoms with van der Waals surface area (Å²) >= 11 is 0. The lowest BCUT2D eigenvalue weighted by atomic mass is 10.1. The lowest BCUT2D eigenvalue weighted by Crippen LogP contribution is -2.30. The molecule has 6 nitrogen and oxygen atoms in total. The third-order valence-corrected chi connectivity index (χ3v) is 5.08. The van der Waals surface area contributed by atoms with E-state index in [-0.39, 0.29) is 12.5 Å². The molecule has 0 aliphatic rings. The van der Waals surface area contributed by atoms with Crippen molar-refractivity contribution >= 4 is 22.5 Å². The first-order chi connectivity index (χ1) is 15.0. The van der Waals surface area contributed by atoms with Crippen LogP contribution in [0.1, 0.15) is 11.3 Å². The maximum atomic E-state index is 12.7. The Bertz CT molecular complexity index is 1200. The number of ether oxygens (including phenoxy) is 1. The summed E-state index contributed by atoms with van der Waals surface area (Å²) < 4.78 is 7.04. The summed E-state index contributed by atoms with van der Waals surface area (Å²) in [5, 5.41) is 9.78. The van der Waals surface area contributed by atoms with Crippen molar-refractivity contribution in [2.24, 2.45) is 0 Å². The Morgan fingerprint density at radius 2 is 1.77 bits per heavy atom. The van der Waals surface area contributed by atoms with Crippen LogP contribution in [0.2, 0.25) is 0 Å². The lowest BCUT2D eigenvalue weighted by molar-refractivity contribution is -0.117. The van der Waals surface area contributed by atoms with E-state index in [9.17, 15) is 4.79 Å². The number of carbonyl (C=O) groups excluding carboxylic acids is 1. The number of benzene rings is 3. The van der Waals surface area contributed by atoms with E-state index in [0.29, 0.717) is 12.4 Å². The minimum absolute atomic E-state index is 0.0786. The van der Waals surface area contributed by atoms with Crippen LogP contribution >= 0.6 is 0 Å². The Morgan fingerprint density at radius 1 is 1.03 bits per heavy atom. The van der Waals surface area contributed by atoms with E-state index >= 15 is 0 Å². The molecule has 158 valence electrons. The second-order valence-corrected chi connectivity index (χ2v) is 7.69. The second kappa shape index (κ2) is 9.02. The van der Waals surface area contributed by atoms with Crippen molar-refractivity contribution in [3.05, 3.63) is 84.1 Å². The molecule has 0 atom stereocenters. The molecule has 0 saturated carbocycles. The molecule has 0 bridgehead atoms. The van der Waals surface area contributed by atoms with Crippen LogP contribution in [0.3, 0.4) is 0 Å². The van der Waals surface area contributed by atoms with E-state index < -0.39 is 0 Å². The van der Waals surface area contributed by atoms with Gasteiger partial charge >= 0.3 is 0 Å². The number of likely N-dealkylation sites (N-methyl/N-ethyl adjacent to an activating group) is 1. The van der Waals surface area contributed by atoms with Crippen LogP contribution < -0.4 is 10.1 Å². The molecule has 0 aliphatic carbocycles. The molecule has 0 aliphatic heterocycles. The van der Waals surface area contributed by atoms with Crippen LogP contribution in [0.25, 0.3) is 16.5 Å². The molecular weight excluding hydrogens is 388 g/mol. The molecule has 0 saturated heterocycles. The Kier molecular flexibility index (Phi) is 6.00. The number of hydrogen-bond donors (Lipinski definition) is 1. The number of methoxy groups -OCH3 is 1. The van der Waals surface area contributed by atoms with Gasteiger partial charge in [0, 0.05) is 12.6 Å². The molecule has 1 heterocycles. The number of amides is 1. The number of aromatic nitrogens is 2. The molecule has 0 spiro atoms. The number of nitrogens with zero attached hydrogens (tertiary/aromatic N) is 3. The zero-order chi connectivity index (χ0) is 21.8. The molecule has 0 fully saturated rings. The molecule has 1 aromatic heterocycles. The number of aryl methyl sites for hydroxylation is 1. The summed E-state index contributed by atoms with van der Waals surface area (Å²) in [6, 6.07) is 24.0. The number of fused-ring (bicyclic) bond motifs is 1. The van der Waals surface area contributed by atoms with E-state index in [1.165, 1.54) is 0 Å². The van der Waals surface area contributed by atoms with Crippen molar-refractivity contribution in [3.8, 4) is 11.4 Å². The van der Waals surface area contributed by atoms with Crippen LogP contribution in [-0.4, -0.2) is 41.3 Å². The molecule has 4 aromatic rings. The molecule has 1 amide bonds. The minimum Gasteiger partial charge on any atom is -0.497 e. The summed E-state index contributed by atoms with van der Waals surface area (Å²) in [5.41, 5.74) is 2.91. The summed E-state index contributed by atoms with van der Waals surface area (Å²) in [4.78, 5) is 14.7. The second-order valence-electron chi connectivity index (χ2n) is 7.69. The van der Waals surface area contributed by atoms with Crippen LogP contribution in [0.4, 0.5) is 5.82 Å². The molecule has 6 heteroatoms. The smallest absolute Gasteiger partial charge is 0.239 e. The van der Waals surface area contributed by atoms with Crippen molar-refractivity contribution < 1.29 is 9.53 Å². The Balaban J connectivity index is 1.41. The van der Waals surface area contributed by atoms with Gasteiger partial charge in [0.25, 0.3) is 0 Å². The zero-order valence-electron chi connectivity index (χ0n) is 18.0. The van der Waals surface area contributed by atoms with E-state index in [4.69, 9.17) is 4.74 Å². The fourth-order valence-electron chi connectivity index (χ4n) is 3.65. The Hall–Kier alpha value is -3.64. The van der Waals surface area contributed by atoms with Gasteiger partial charge in [0.2, 0.25) is 5.91 Å².